The molecule has 0 saturated carbocycles. The van der Waals surface area contributed by atoms with E-state index in [0.29, 0.717) is 0 Å². The number of benzene rings is 6. The number of anilines is 2. The zero-order valence-electron chi connectivity index (χ0n) is 44.1. The lowest BCUT2D eigenvalue weighted by molar-refractivity contribution is 0.0729. The lowest BCUT2D eigenvalue weighted by atomic mass is 10.1. The lowest BCUT2D eigenvalue weighted by Gasteiger charge is -2.19. The van der Waals surface area contributed by atoms with E-state index in [2.05, 4.69) is 20.6 Å². The van der Waals surface area contributed by atoms with Gasteiger partial charge in [-0.1, -0.05) is 12.1 Å². The van der Waals surface area contributed by atoms with Crippen molar-refractivity contribution in [2.24, 2.45) is 28.7 Å². The molecule has 1 amide bonds. The number of amidine groups is 2. The Labute approximate surface area is 476 Å². The molecular formula is C55H45F4N13O13. The number of phenolic OH excluding ortho intramolecular Hbond substituents is 1. The molecule has 0 unspecified atom stereocenters. The standard InChI is InChI=1S/C55H45F4N13O13/c1-76-35-18-25(12-15-32(35)81-44-39(56)49(79-29-8-4-6-27(21-29)69-54(65)66)71-51(40(44)57)82-34-16-23(46(60)61)10-13-31(34)73)53(75)84-33-14-11-24(47(62)63)17-36(33)83-52-42(59)45(85-43-37(77-2)19-26(48(64)74)20-38(43)78-3)41(58)50(72-52)80-30-9-5-7-28(22-30)70-55(67)68/h4-22,73H,1-3H3,(H3,60,61)(H3,62,63)(H2,64,74)(H4,65,66,69)(H4,67,68,70). The van der Waals surface area contributed by atoms with Gasteiger partial charge in [-0.3, -0.25) is 26.4 Å². The summed E-state index contributed by atoms with van der Waals surface area (Å²) in [5.41, 5.74) is 27.7. The second kappa shape index (κ2) is 25.1. The SMILES string of the molecule is COc1cc(C(=O)Oc2ccc(C(=N)N)cc2Oc2nc(Oc3cccc(NC(=N)N)c3)c(F)c(Oc3c(OC)cc(C(N)=O)cc3OC)c2F)ccc1Oc1c(F)c(Oc2cccc(NC(=N)N)c2)nc(Oc2cc(C(=N)N)ccc2O)c1F. The molecule has 2 heterocycles. The van der Waals surface area contributed by atoms with Gasteiger partial charge in [0.1, 0.15) is 23.2 Å². The number of ether oxygens (including phenoxy) is 10. The number of nitrogens with two attached hydrogens (primary N) is 5. The number of carbonyl (C=O) groups is 2. The first-order chi connectivity index (χ1) is 40.5. The third-order valence-corrected chi connectivity index (χ3v) is 11.3. The highest BCUT2D eigenvalue weighted by Gasteiger charge is 2.31. The smallest absolute Gasteiger partial charge is 0.343 e. The number of carbonyl (C=O) groups excluding carboxylic acids is 2. The lowest BCUT2D eigenvalue weighted by Crippen LogP contribution is -2.20. The van der Waals surface area contributed by atoms with Gasteiger partial charge in [-0.05, 0) is 91.0 Å². The minimum Gasteiger partial charge on any atom is -0.504 e. The first kappa shape index (κ1) is 58.9. The van der Waals surface area contributed by atoms with Crippen molar-refractivity contribution in [1.29, 1.82) is 21.6 Å². The van der Waals surface area contributed by atoms with Crippen LogP contribution < -0.4 is 86.7 Å². The number of nitrogens with zero attached hydrogens (tertiary/aromatic N) is 2. The monoisotopic (exact) mass is 1170 g/mol. The van der Waals surface area contributed by atoms with E-state index < -0.39 is 128 Å². The Morgan fingerprint density at radius 1 is 0.447 bits per heavy atom. The predicted octanol–water partition coefficient (Wildman–Crippen LogP) is 9.02. The summed E-state index contributed by atoms with van der Waals surface area (Å²) in [6.45, 7) is 0. The Hall–Kier alpha value is -12.2. The second-order valence-corrected chi connectivity index (χ2v) is 17.1. The number of phenols is 1. The number of amides is 1. The van der Waals surface area contributed by atoms with Crippen molar-refractivity contribution in [2.45, 2.75) is 0 Å². The van der Waals surface area contributed by atoms with Crippen molar-refractivity contribution in [1.82, 2.24) is 9.97 Å². The number of esters is 1. The number of hydrogen-bond acceptors (Lipinski definition) is 19. The topological polar surface area (TPSA) is 422 Å². The molecule has 8 rings (SSSR count). The minimum absolute atomic E-state index is 0.0387. The van der Waals surface area contributed by atoms with Crippen molar-refractivity contribution >= 4 is 46.8 Å². The summed E-state index contributed by atoms with van der Waals surface area (Å²) < 4.78 is 123. The molecule has 26 nitrogen and oxygen atoms in total. The van der Waals surface area contributed by atoms with Crippen LogP contribution in [0.1, 0.15) is 31.8 Å². The van der Waals surface area contributed by atoms with E-state index in [4.69, 9.17) is 97.7 Å². The molecule has 0 spiro atoms. The first-order valence-electron chi connectivity index (χ1n) is 23.9. The van der Waals surface area contributed by atoms with Crippen LogP contribution in [0.4, 0.5) is 28.9 Å². The normalized spacial score (nSPS) is 10.6. The Kier molecular flexibility index (Phi) is 17.4. The number of methoxy groups -OCH3 is 3. The zero-order valence-corrected chi connectivity index (χ0v) is 44.1. The average Bonchev–Trinajstić information content (AvgIpc) is 2.24. The zero-order chi connectivity index (χ0) is 61.4. The molecule has 30 heteroatoms. The van der Waals surface area contributed by atoms with E-state index in [-0.39, 0.29) is 62.4 Å². The van der Waals surface area contributed by atoms with Crippen LogP contribution in [0.5, 0.6) is 98.3 Å². The number of halogens is 4. The number of hydrogen-bond donors (Lipinski definition) is 12. The third kappa shape index (κ3) is 13.5. The molecular weight excluding hydrogens is 1130 g/mol. The van der Waals surface area contributed by atoms with Crippen LogP contribution in [0.15, 0.2) is 115 Å². The van der Waals surface area contributed by atoms with Crippen LogP contribution in [-0.2, 0) is 0 Å². The van der Waals surface area contributed by atoms with Gasteiger partial charge in [0.15, 0.2) is 57.9 Å². The van der Waals surface area contributed by atoms with Gasteiger partial charge in [-0.15, -0.1) is 0 Å². The van der Waals surface area contributed by atoms with Crippen molar-refractivity contribution in [3.8, 4) is 98.3 Å². The van der Waals surface area contributed by atoms with Gasteiger partial charge in [0.25, 0.3) is 23.5 Å². The van der Waals surface area contributed by atoms with Crippen LogP contribution in [0.2, 0.25) is 0 Å². The van der Waals surface area contributed by atoms with Crippen molar-refractivity contribution < 1.29 is 79.6 Å². The Morgan fingerprint density at radius 3 is 1.35 bits per heavy atom. The van der Waals surface area contributed by atoms with Gasteiger partial charge < -0.3 is 91.8 Å². The minimum atomic E-state index is -1.67. The predicted molar refractivity (Wildman–Crippen MR) is 295 cm³/mol. The quantitative estimate of drug-likeness (QED) is 0.00989. The highest BCUT2D eigenvalue weighted by atomic mass is 19.1. The fourth-order valence-corrected chi connectivity index (χ4v) is 7.40. The molecule has 0 aliphatic carbocycles. The molecule has 0 aliphatic rings. The second-order valence-electron chi connectivity index (χ2n) is 17.1. The maximum atomic E-state index is 17.0. The highest BCUT2D eigenvalue weighted by Crippen LogP contribution is 2.48. The Balaban J connectivity index is 1.16. The first-order valence-corrected chi connectivity index (χ1v) is 23.9. The maximum Gasteiger partial charge on any atom is 0.343 e. The summed E-state index contributed by atoms with van der Waals surface area (Å²) in [7, 11) is 3.41. The number of aromatic nitrogens is 2. The van der Waals surface area contributed by atoms with Crippen LogP contribution >= 0.6 is 0 Å². The number of pyridine rings is 2. The van der Waals surface area contributed by atoms with Crippen molar-refractivity contribution in [3.05, 3.63) is 161 Å². The molecule has 0 bridgehead atoms. The molecule has 0 aliphatic heterocycles. The summed E-state index contributed by atoms with van der Waals surface area (Å²) >= 11 is 0. The van der Waals surface area contributed by atoms with Gasteiger partial charge in [0, 0.05) is 40.2 Å². The summed E-state index contributed by atoms with van der Waals surface area (Å²) in [5, 5.41) is 46.7. The molecule has 0 fully saturated rings. The number of nitrogen functional groups attached to an aromatic ring is 2. The summed E-state index contributed by atoms with van der Waals surface area (Å²) in [6.07, 6.45) is 0. The van der Waals surface area contributed by atoms with E-state index in [1.165, 1.54) is 60.7 Å². The van der Waals surface area contributed by atoms with Crippen molar-refractivity contribution in [3.63, 3.8) is 0 Å². The third-order valence-electron chi connectivity index (χ3n) is 11.3. The molecule has 8 aromatic rings. The van der Waals surface area contributed by atoms with Gasteiger partial charge in [-0.25, -0.2) is 4.79 Å². The van der Waals surface area contributed by atoms with Crippen LogP contribution in [0.25, 0.3) is 0 Å². The molecule has 6 aromatic carbocycles. The molecule has 0 saturated heterocycles. The maximum absolute atomic E-state index is 17.0. The summed E-state index contributed by atoms with van der Waals surface area (Å²) in [4.78, 5) is 34.0. The average molecular weight is 1170 g/mol. The largest absolute Gasteiger partial charge is 0.504 e. The molecule has 0 radical (unpaired) electrons. The van der Waals surface area contributed by atoms with E-state index in [1.807, 2.05) is 0 Å². The summed E-state index contributed by atoms with van der Waals surface area (Å²) in [5.74, 6) is -21.3. The Morgan fingerprint density at radius 2 is 0.871 bits per heavy atom. The Bertz CT molecular complexity index is 4000. The van der Waals surface area contributed by atoms with E-state index in [9.17, 15) is 14.7 Å². The molecule has 17 N–H and O–H groups in total. The number of rotatable bonds is 22. The van der Waals surface area contributed by atoms with Crippen LogP contribution in [0, 0.1) is 44.9 Å². The van der Waals surface area contributed by atoms with Crippen LogP contribution in [0.3, 0.4) is 0 Å². The fraction of sp³-hybridized carbons (Fsp3) is 0.0545. The van der Waals surface area contributed by atoms with E-state index in [0.717, 1.165) is 75.9 Å². The van der Waals surface area contributed by atoms with Gasteiger partial charge in [-0.2, -0.15) is 27.5 Å². The molecule has 2 aromatic heterocycles. The number of nitrogens with one attached hydrogen (secondary N) is 6. The van der Waals surface area contributed by atoms with Gasteiger partial charge >= 0.3 is 5.97 Å². The number of guanidine groups is 2. The fourth-order valence-electron chi connectivity index (χ4n) is 7.40. The van der Waals surface area contributed by atoms with E-state index in [1.54, 1.807) is 0 Å². The summed E-state index contributed by atoms with van der Waals surface area (Å²) in [6, 6.07) is 23.3. The molecule has 436 valence electrons. The highest BCUT2D eigenvalue weighted by molar-refractivity contribution is 5.97. The van der Waals surface area contributed by atoms with Crippen molar-refractivity contribution in [2.75, 3.05) is 32.0 Å². The van der Waals surface area contributed by atoms with Crippen LogP contribution in [-0.4, -0.2) is 71.9 Å². The molecule has 85 heavy (non-hydrogen) atoms. The van der Waals surface area contributed by atoms with Gasteiger partial charge in [0.05, 0.1) is 26.9 Å². The number of aromatic hydroxyl groups is 1. The van der Waals surface area contributed by atoms with E-state index >= 15 is 17.6 Å². The molecule has 0 atom stereocenters. The van der Waals surface area contributed by atoms with Gasteiger partial charge in [0.2, 0.25) is 46.4 Å². The number of primary amides is 1.